The summed E-state index contributed by atoms with van der Waals surface area (Å²) in [5, 5.41) is 0. The molecule has 32 valence electrons. The number of hydrogen-bond donors (Lipinski definition) is 0. The number of hydrogen-bond acceptors (Lipinski definition) is 1. The summed E-state index contributed by atoms with van der Waals surface area (Å²) in [5.74, 6) is 0. The van der Waals surface area contributed by atoms with Crippen molar-refractivity contribution in [1.82, 2.24) is 0 Å². The van der Waals surface area contributed by atoms with E-state index in [0.29, 0.717) is 0 Å². The van der Waals surface area contributed by atoms with Crippen molar-refractivity contribution in [2.45, 2.75) is 0 Å². The zero-order chi connectivity index (χ0) is 4.41. The summed E-state index contributed by atoms with van der Waals surface area (Å²) in [5.41, 5.74) is 0. The van der Waals surface area contributed by atoms with Gasteiger partial charge in [-0.25, -0.2) is 0 Å². The molecule has 0 N–H and O–H groups in total. The molecule has 0 aromatic rings. The quantitative estimate of drug-likeness (QED) is 0.478. The van der Waals surface area contributed by atoms with Gasteiger partial charge in [0.15, 0.2) is 0 Å². The van der Waals surface area contributed by atoms with E-state index >= 15 is 0 Å². The minimum atomic E-state index is -1.00. The third-order valence-corrected chi connectivity index (χ3v) is 5.01. The molecular weight excluding hydrogens is 204 g/mol. The van der Waals surface area contributed by atoms with E-state index in [4.69, 9.17) is 0 Å². The van der Waals surface area contributed by atoms with Gasteiger partial charge in [-0.1, -0.05) is 0 Å². The predicted molar refractivity (Wildman–Crippen MR) is 30.5 cm³/mol. The van der Waals surface area contributed by atoms with Gasteiger partial charge in [-0.3, -0.25) is 0 Å². The Kier molecular flexibility index (Phi) is 1.53. The molecule has 1 aliphatic rings. The van der Waals surface area contributed by atoms with Crippen LogP contribution in [0.1, 0.15) is 0 Å². The summed E-state index contributed by atoms with van der Waals surface area (Å²) in [6, 6.07) is 0. The first kappa shape index (κ1) is 4.64. The second kappa shape index (κ2) is 1.97. The standard InChI is InChI=1S/C3H4AsNSe/c6-4-2-1-3-5-4/h1-4H. The maximum absolute atomic E-state index is 4.11. The van der Waals surface area contributed by atoms with E-state index in [1.807, 2.05) is 12.3 Å². The molecule has 0 bridgehead atoms. The van der Waals surface area contributed by atoms with Crippen molar-refractivity contribution in [3.8, 4) is 0 Å². The van der Waals surface area contributed by atoms with Crippen LogP contribution < -0.4 is 0 Å². The molecular formula is C3H4AsNSe. The third-order valence-electron chi connectivity index (χ3n) is 0.527. The maximum atomic E-state index is 4.11. The van der Waals surface area contributed by atoms with Crippen molar-refractivity contribution in [1.29, 1.82) is 0 Å². The van der Waals surface area contributed by atoms with E-state index in [0.717, 1.165) is 0 Å². The molecule has 0 spiro atoms. The SMILES string of the molecule is [Se]=[AsH]1C=CC=N1. The summed E-state index contributed by atoms with van der Waals surface area (Å²) in [4.78, 5) is 2.17. The average Bonchev–Trinajstić information content (AvgIpc) is 1.86. The summed E-state index contributed by atoms with van der Waals surface area (Å²) in [7, 11) is 0. The van der Waals surface area contributed by atoms with Crippen molar-refractivity contribution in [3.05, 3.63) is 10.9 Å². The zero-order valence-electron chi connectivity index (χ0n) is 3.09. The molecule has 1 heterocycles. The van der Waals surface area contributed by atoms with Crippen LogP contribution in [0.2, 0.25) is 0 Å². The van der Waals surface area contributed by atoms with Crippen molar-refractivity contribution < 1.29 is 0 Å². The Morgan fingerprint density at radius 3 is 2.67 bits per heavy atom. The predicted octanol–water partition coefficient (Wildman–Crippen LogP) is -0.445. The second-order valence-corrected chi connectivity index (χ2v) is 8.20. The van der Waals surface area contributed by atoms with Crippen molar-refractivity contribution in [3.63, 3.8) is 0 Å². The molecule has 3 heteroatoms. The van der Waals surface area contributed by atoms with Crippen LogP contribution in [-0.2, 0) is 0 Å². The summed E-state index contributed by atoms with van der Waals surface area (Å²) in [6.07, 6.45) is 3.87. The minimum absolute atomic E-state index is 1.00. The molecule has 0 aliphatic carbocycles. The fraction of sp³-hybridized carbons (Fsp3) is 0. The van der Waals surface area contributed by atoms with Gasteiger partial charge in [0, 0.05) is 0 Å². The van der Waals surface area contributed by atoms with Crippen LogP contribution in [0.5, 0.6) is 0 Å². The van der Waals surface area contributed by atoms with E-state index in [2.05, 4.69) is 22.2 Å². The Morgan fingerprint density at radius 1 is 1.67 bits per heavy atom. The summed E-state index contributed by atoms with van der Waals surface area (Å²) < 4.78 is 4.11. The van der Waals surface area contributed by atoms with Crippen LogP contribution in [0.25, 0.3) is 0 Å². The molecule has 0 saturated carbocycles. The van der Waals surface area contributed by atoms with Gasteiger partial charge < -0.3 is 0 Å². The fourth-order valence-corrected chi connectivity index (χ4v) is 3.00. The normalized spacial score (nSPS) is 29.0. The monoisotopic (exact) mass is 209 g/mol. The van der Waals surface area contributed by atoms with E-state index in [1.165, 1.54) is 0 Å². The van der Waals surface area contributed by atoms with Gasteiger partial charge in [-0.2, -0.15) is 0 Å². The Labute approximate surface area is 47.2 Å². The molecule has 1 aliphatic heterocycles. The topological polar surface area (TPSA) is 12.4 Å². The molecule has 0 amide bonds. The van der Waals surface area contributed by atoms with Gasteiger partial charge in [-0.05, 0) is 0 Å². The van der Waals surface area contributed by atoms with Crippen LogP contribution in [-0.4, -0.2) is 32.1 Å². The van der Waals surface area contributed by atoms with Gasteiger partial charge in [0.1, 0.15) is 0 Å². The molecule has 1 unspecified atom stereocenters. The molecule has 1 atom stereocenters. The van der Waals surface area contributed by atoms with Crippen molar-refractivity contribution >= 4 is 32.1 Å². The number of rotatable bonds is 0. The van der Waals surface area contributed by atoms with Gasteiger partial charge >= 0.3 is 47.0 Å². The first-order valence-electron chi connectivity index (χ1n) is 1.64. The van der Waals surface area contributed by atoms with E-state index in [1.54, 1.807) is 0 Å². The molecule has 0 aromatic carbocycles. The zero-order valence-corrected chi connectivity index (χ0v) is 6.90. The van der Waals surface area contributed by atoms with Gasteiger partial charge in [0.2, 0.25) is 0 Å². The Hall–Kier alpha value is 0.488. The van der Waals surface area contributed by atoms with Crippen molar-refractivity contribution in [2.24, 2.45) is 3.91 Å². The van der Waals surface area contributed by atoms with Crippen LogP contribution in [0, 0.1) is 0 Å². The molecule has 1 rings (SSSR count). The fourth-order valence-electron chi connectivity index (χ4n) is 0.285. The Bertz CT molecular complexity index is 113. The van der Waals surface area contributed by atoms with Crippen LogP contribution in [0.4, 0.5) is 0 Å². The number of allylic oxidation sites excluding steroid dienone is 1. The van der Waals surface area contributed by atoms with Crippen LogP contribution >= 0.6 is 0 Å². The second-order valence-electron chi connectivity index (χ2n) is 0.976. The molecule has 0 fully saturated rings. The molecule has 1 nitrogen and oxygen atoms in total. The summed E-state index contributed by atoms with van der Waals surface area (Å²) >= 11 is 2.02. The summed E-state index contributed by atoms with van der Waals surface area (Å²) in [6.45, 7) is 0. The molecule has 6 heavy (non-hydrogen) atoms. The Balaban J connectivity index is 2.86. The van der Waals surface area contributed by atoms with Crippen molar-refractivity contribution in [2.75, 3.05) is 0 Å². The first-order valence-corrected chi connectivity index (χ1v) is 9.10. The Morgan fingerprint density at radius 2 is 2.50 bits per heavy atom. The van der Waals surface area contributed by atoms with Crippen LogP contribution in [0.15, 0.2) is 14.8 Å². The molecule has 0 radical (unpaired) electrons. The van der Waals surface area contributed by atoms with Gasteiger partial charge in [-0.15, -0.1) is 0 Å². The van der Waals surface area contributed by atoms with E-state index < -0.39 is 12.5 Å². The van der Waals surface area contributed by atoms with E-state index in [9.17, 15) is 0 Å². The first-order chi connectivity index (χ1) is 2.89. The van der Waals surface area contributed by atoms with E-state index in [-0.39, 0.29) is 0 Å². The van der Waals surface area contributed by atoms with Crippen LogP contribution in [0.3, 0.4) is 0 Å². The average molecular weight is 208 g/mol. The van der Waals surface area contributed by atoms with Gasteiger partial charge in [0.05, 0.1) is 0 Å². The third kappa shape index (κ3) is 0.974. The number of nitrogens with zero attached hydrogens (tertiary/aromatic N) is 1. The molecule has 0 aromatic heterocycles. The molecule has 0 saturated heterocycles. The van der Waals surface area contributed by atoms with Gasteiger partial charge in [0.25, 0.3) is 0 Å².